The summed E-state index contributed by atoms with van der Waals surface area (Å²) in [7, 11) is 0. The number of hydrogen-bond acceptors (Lipinski definition) is 5. The van der Waals surface area contributed by atoms with Crippen LogP contribution in [-0.4, -0.2) is 40.4 Å². The fourth-order valence-electron chi connectivity index (χ4n) is 2.23. The van der Waals surface area contributed by atoms with Crippen LogP contribution >= 0.6 is 11.6 Å². The Kier molecular flexibility index (Phi) is 3.60. The van der Waals surface area contributed by atoms with Gasteiger partial charge in [-0.15, -0.1) is 0 Å². The number of aromatic nitrogens is 2. The molecule has 0 unspecified atom stereocenters. The molecule has 1 saturated carbocycles. The summed E-state index contributed by atoms with van der Waals surface area (Å²) in [5.41, 5.74) is -0.713. The van der Waals surface area contributed by atoms with Crippen molar-refractivity contribution in [2.45, 2.75) is 37.2 Å². The molecular weight excluding hydrogens is 266 g/mol. The van der Waals surface area contributed by atoms with E-state index in [0.717, 1.165) is 18.7 Å². The second-order valence-corrected chi connectivity index (χ2v) is 5.79. The van der Waals surface area contributed by atoms with Gasteiger partial charge in [0.1, 0.15) is 16.8 Å². The molecule has 1 aromatic heterocycles. The number of aliphatic hydroxyl groups is 1. The number of anilines is 1. The lowest BCUT2D eigenvalue weighted by molar-refractivity contribution is -0.0543. The highest BCUT2D eigenvalue weighted by atomic mass is 35.5. The molecule has 0 atom stereocenters. The average molecular weight is 284 g/mol. The molecule has 1 saturated heterocycles. The Labute approximate surface area is 117 Å². The van der Waals surface area contributed by atoms with Crippen molar-refractivity contribution in [3.8, 4) is 0 Å². The van der Waals surface area contributed by atoms with Gasteiger partial charge in [0, 0.05) is 44.6 Å². The van der Waals surface area contributed by atoms with Crippen molar-refractivity contribution in [2.24, 2.45) is 0 Å². The van der Waals surface area contributed by atoms with Crippen LogP contribution in [0.15, 0.2) is 6.07 Å². The molecule has 0 aromatic carbocycles. The minimum absolute atomic E-state index is 0.457. The van der Waals surface area contributed by atoms with E-state index in [9.17, 15) is 5.11 Å². The lowest BCUT2D eigenvalue weighted by Crippen LogP contribution is -2.42. The molecule has 3 rings (SSSR count). The first kappa shape index (κ1) is 13.1. The molecule has 5 nitrogen and oxygen atoms in total. The van der Waals surface area contributed by atoms with Gasteiger partial charge in [-0.2, -0.15) is 0 Å². The van der Waals surface area contributed by atoms with Crippen LogP contribution in [0.4, 0.5) is 5.82 Å². The van der Waals surface area contributed by atoms with Gasteiger partial charge in [0.25, 0.3) is 0 Å². The van der Waals surface area contributed by atoms with Gasteiger partial charge in [-0.25, -0.2) is 9.97 Å². The molecule has 2 N–H and O–H groups in total. The largest absolute Gasteiger partial charge is 0.388 e. The number of rotatable bonds is 4. The van der Waals surface area contributed by atoms with Crippen molar-refractivity contribution >= 4 is 17.4 Å². The summed E-state index contributed by atoms with van der Waals surface area (Å²) in [5, 5.41) is 14.0. The van der Waals surface area contributed by atoms with Crippen molar-refractivity contribution in [2.75, 3.05) is 25.1 Å². The second-order valence-electron chi connectivity index (χ2n) is 5.40. The Morgan fingerprint density at radius 2 is 2.11 bits per heavy atom. The first-order valence-electron chi connectivity index (χ1n) is 6.73. The van der Waals surface area contributed by atoms with E-state index in [2.05, 4.69) is 15.3 Å². The average Bonchev–Trinajstić information content (AvgIpc) is 3.21. The zero-order chi connectivity index (χ0) is 13.3. The molecule has 2 heterocycles. The quantitative estimate of drug-likeness (QED) is 0.827. The van der Waals surface area contributed by atoms with Crippen molar-refractivity contribution in [1.82, 2.24) is 9.97 Å². The van der Waals surface area contributed by atoms with E-state index in [-0.39, 0.29) is 0 Å². The van der Waals surface area contributed by atoms with E-state index < -0.39 is 5.60 Å². The predicted molar refractivity (Wildman–Crippen MR) is 72.5 cm³/mol. The summed E-state index contributed by atoms with van der Waals surface area (Å²) in [6.07, 6.45) is 3.57. The SMILES string of the molecule is OC1(CNc2cc(Cl)nc(C3CC3)n2)CCOCC1. The molecule has 0 bridgehead atoms. The Bertz CT molecular complexity index is 459. The van der Waals surface area contributed by atoms with Crippen LogP contribution in [-0.2, 0) is 4.74 Å². The van der Waals surface area contributed by atoms with Crippen LogP contribution in [0.5, 0.6) is 0 Å². The number of nitrogens with one attached hydrogen (secondary N) is 1. The summed E-state index contributed by atoms with van der Waals surface area (Å²) in [4.78, 5) is 8.70. The van der Waals surface area contributed by atoms with Crippen LogP contribution in [0.25, 0.3) is 0 Å². The smallest absolute Gasteiger partial charge is 0.135 e. The Hall–Kier alpha value is -0.910. The minimum Gasteiger partial charge on any atom is -0.388 e. The highest BCUT2D eigenvalue weighted by Crippen LogP contribution is 2.38. The second kappa shape index (κ2) is 5.23. The maximum atomic E-state index is 10.4. The molecular formula is C13H18ClN3O2. The zero-order valence-corrected chi connectivity index (χ0v) is 11.5. The Morgan fingerprint density at radius 1 is 1.37 bits per heavy atom. The van der Waals surface area contributed by atoms with Crippen molar-refractivity contribution in [3.63, 3.8) is 0 Å². The van der Waals surface area contributed by atoms with E-state index in [0.29, 0.717) is 49.5 Å². The fraction of sp³-hybridized carbons (Fsp3) is 0.692. The summed E-state index contributed by atoms with van der Waals surface area (Å²) >= 11 is 6.00. The summed E-state index contributed by atoms with van der Waals surface area (Å²) in [6.45, 7) is 1.68. The first-order chi connectivity index (χ1) is 9.15. The first-order valence-corrected chi connectivity index (χ1v) is 7.11. The third-order valence-electron chi connectivity index (χ3n) is 3.68. The van der Waals surface area contributed by atoms with Gasteiger partial charge in [0.2, 0.25) is 0 Å². The van der Waals surface area contributed by atoms with Crippen molar-refractivity contribution in [3.05, 3.63) is 17.0 Å². The maximum absolute atomic E-state index is 10.4. The minimum atomic E-state index is -0.713. The van der Waals surface area contributed by atoms with Gasteiger partial charge in [-0.3, -0.25) is 0 Å². The lowest BCUT2D eigenvalue weighted by Gasteiger charge is -2.32. The van der Waals surface area contributed by atoms with E-state index in [4.69, 9.17) is 16.3 Å². The van der Waals surface area contributed by atoms with Gasteiger partial charge in [0.15, 0.2) is 0 Å². The predicted octanol–water partition coefficient (Wildman–Crippen LogP) is 1.96. The van der Waals surface area contributed by atoms with Crippen LogP contribution < -0.4 is 5.32 Å². The standard InChI is InChI=1S/C13H18ClN3O2/c14-10-7-11(17-12(16-10)9-1-2-9)15-8-13(18)3-5-19-6-4-13/h7,9,18H,1-6,8H2,(H,15,16,17). The monoisotopic (exact) mass is 283 g/mol. The van der Waals surface area contributed by atoms with Gasteiger partial charge < -0.3 is 15.2 Å². The van der Waals surface area contributed by atoms with Crippen molar-refractivity contribution in [1.29, 1.82) is 0 Å². The third kappa shape index (κ3) is 3.35. The van der Waals surface area contributed by atoms with Gasteiger partial charge >= 0.3 is 0 Å². The molecule has 0 radical (unpaired) electrons. The van der Waals surface area contributed by atoms with Gasteiger partial charge in [0.05, 0.1) is 5.60 Å². The molecule has 6 heteroatoms. The maximum Gasteiger partial charge on any atom is 0.135 e. The van der Waals surface area contributed by atoms with Crippen LogP contribution in [0.3, 0.4) is 0 Å². The highest BCUT2D eigenvalue weighted by molar-refractivity contribution is 6.29. The number of ether oxygens (including phenoxy) is 1. The summed E-state index contributed by atoms with van der Waals surface area (Å²) in [6, 6.07) is 1.70. The number of nitrogens with zero attached hydrogens (tertiary/aromatic N) is 2. The molecule has 19 heavy (non-hydrogen) atoms. The van der Waals surface area contributed by atoms with E-state index >= 15 is 0 Å². The summed E-state index contributed by atoms with van der Waals surface area (Å²) < 4.78 is 5.26. The van der Waals surface area contributed by atoms with Crippen LogP contribution in [0.1, 0.15) is 37.4 Å². The van der Waals surface area contributed by atoms with Crippen molar-refractivity contribution < 1.29 is 9.84 Å². The Balaban J connectivity index is 1.65. The highest BCUT2D eigenvalue weighted by Gasteiger charge is 2.30. The fourth-order valence-corrected chi connectivity index (χ4v) is 2.42. The normalized spacial score (nSPS) is 22.2. The Morgan fingerprint density at radius 3 is 2.79 bits per heavy atom. The number of halogens is 1. The van der Waals surface area contributed by atoms with Crippen LogP contribution in [0, 0.1) is 0 Å². The molecule has 2 fully saturated rings. The molecule has 1 aromatic rings. The lowest BCUT2D eigenvalue weighted by atomic mass is 9.94. The topological polar surface area (TPSA) is 67.3 Å². The van der Waals surface area contributed by atoms with Crippen LogP contribution in [0.2, 0.25) is 5.15 Å². The molecule has 0 spiro atoms. The summed E-state index contributed by atoms with van der Waals surface area (Å²) in [5.74, 6) is 1.97. The van der Waals surface area contributed by atoms with Gasteiger partial charge in [-0.1, -0.05) is 11.6 Å². The molecule has 1 aliphatic heterocycles. The zero-order valence-electron chi connectivity index (χ0n) is 10.7. The van der Waals surface area contributed by atoms with E-state index in [1.54, 1.807) is 6.07 Å². The van der Waals surface area contributed by atoms with E-state index in [1.165, 1.54) is 0 Å². The van der Waals surface area contributed by atoms with E-state index in [1.807, 2.05) is 0 Å². The van der Waals surface area contributed by atoms with Gasteiger partial charge in [-0.05, 0) is 12.8 Å². The molecule has 104 valence electrons. The number of hydrogen-bond donors (Lipinski definition) is 2. The third-order valence-corrected chi connectivity index (χ3v) is 3.87. The molecule has 0 amide bonds. The molecule has 2 aliphatic rings. The molecule has 1 aliphatic carbocycles.